The lowest BCUT2D eigenvalue weighted by atomic mass is 9.80. The summed E-state index contributed by atoms with van der Waals surface area (Å²) in [5, 5.41) is 2.72. The Kier molecular flexibility index (Phi) is 3.15. The second kappa shape index (κ2) is 4.48. The largest absolute Gasteiger partial charge is 0.493 e. The van der Waals surface area contributed by atoms with Gasteiger partial charge in [-0.05, 0) is 6.07 Å². The van der Waals surface area contributed by atoms with Crippen molar-refractivity contribution in [1.82, 2.24) is 5.32 Å². The van der Waals surface area contributed by atoms with Crippen LogP contribution in [-0.4, -0.2) is 19.8 Å². The topological polar surface area (TPSA) is 47.6 Å². The standard InChI is InChI=1S/C13H16FNO3/c1-13(2)7-18-12(16)15-11(13)8-5-4-6-9(14)10(8)17-3/h4-6,11H,7H2,1-3H3,(H,15,16)/t11-/m0/s1. The van der Waals surface area contributed by atoms with Crippen LogP contribution in [0.25, 0.3) is 0 Å². The second-order valence-corrected chi connectivity index (χ2v) is 5.00. The van der Waals surface area contributed by atoms with Crippen molar-refractivity contribution in [2.24, 2.45) is 5.41 Å². The van der Waals surface area contributed by atoms with Crippen LogP contribution < -0.4 is 10.1 Å². The molecule has 18 heavy (non-hydrogen) atoms. The van der Waals surface area contributed by atoms with Crippen molar-refractivity contribution < 1.29 is 18.7 Å². The number of cyclic esters (lactones) is 1. The van der Waals surface area contributed by atoms with Crippen molar-refractivity contribution in [2.75, 3.05) is 13.7 Å². The Morgan fingerprint density at radius 2 is 2.22 bits per heavy atom. The highest BCUT2D eigenvalue weighted by atomic mass is 19.1. The smallest absolute Gasteiger partial charge is 0.407 e. The molecule has 1 aromatic carbocycles. The van der Waals surface area contributed by atoms with Crippen molar-refractivity contribution in [3.05, 3.63) is 29.6 Å². The number of amides is 1. The Balaban J connectivity index is 2.46. The minimum Gasteiger partial charge on any atom is -0.493 e. The van der Waals surface area contributed by atoms with E-state index in [2.05, 4.69) is 5.32 Å². The molecule has 1 atom stereocenters. The van der Waals surface area contributed by atoms with Gasteiger partial charge in [0, 0.05) is 11.0 Å². The first-order valence-electron chi connectivity index (χ1n) is 5.71. The van der Waals surface area contributed by atoms with E-state index in [0.717, 1.165) is 0 Å². The van der Waals surface area contributed by atoms with E-state index < -0.39 is 11.9 Å². The molecule has 4 nitrogen and oxygen atoms in total. The second-order valence-electron chi connectivity index (χ2n) is 5.00. The van der Waals surface area contributed by atoms with Gasteiger partial charge in [-0.25, -0.2) is 9.18 Å². The van der Waals surface area contributed by atoms with E-state index in [1.54, 1.807) is 12.1 Å². The third-order valence-corrected chi connectivity index (χ3v) is 3.13. The number of ether oxygens (including phenoxy) is 2. The lowest BCUT2D eigenvalue weighted by Crippen LogP contribution is -2.47. The van der Waals surface area contributed by atoms with Gasteiger partial charge in [0.2, 0.25) is 0 Å². The number of hydrogen-bond donors (Lipinski definition) is 1. The van der Waals surface area contributed by atoms with Gasteiger partial charge in [0.25, 0.3) is 0 Å². The normalized spacial score (nSPS) is 22.0. The van der Waals surface area contributed by atoms with E-state index in [9.17, 15) is 9.18 Å². The first kappa shape index (κ1) is 12.7. The summed E-state index contributed by atoms with van der Waals surface area (Å²) in [6, 6.07) is 4.34. The molecule has 1 fully saturated rings. The lowest BCUT2D eigenvalue weighted by Gasteiger charge is -2.39. The Hall–Kier alpha value is -1.78. The summed E-state index contributed by atoms with van der Waals surface area (Å²) in [5.74, 6) is -0.274. The fourth-order valence-corrected chi connectivity index (χ4v) is 2.16. The van der Waals surface area contributed by atoms with Gasteiger partial charge in [0.1, 0.15) is 6.61 Å². The van der Waals surface area contributed by atoms with Crippen molar-refractivity contribution in [1.29, 1.82) is 0 Å². The van der Waals surface area contributed by atoms with Gasteiger partial charge in [-0.3, -0.25) is 0 Å². The fourth-order valence-electron chi connectivity index (χ4n) is 2.16. The zero-order valence-electron chi connectivity index (χ0n) is 10.6. The Morgan fingerprint density at radius 3 is 2.89 bits per heavy atom. The summed E-state index contributed by atoms with van der Waals surface area (Å²) < 4.78 is 23.7. The number of nitrogens with one attached hydrogen (secondary N) is 1. The van der Waals surface area contributed by atoms with Crippen molar-refractivity contribution in [2.45, 2.75) is 19.9 Å². The molecular formula is C13H16FNO3. The number of carbonyl (C=O) groups excluding carboxylic acids is 1. The number of alkyl carbamates (subject to hydrolysis) is 1. The molecule has 98 valence electrons. The highest BCUT2D eigenvalue weighted by Gasteiger charge is 2.39. The van der Waals surface area contributed by atoms with Crippen LogP contribution in [0.4, 0.5) is 9.18 Å². The van der Waals surface area contributed by atoms with E-state index in [1.165, 1.54) is 13.2 Å². The Bertz CT molecular complexity index is 473. The molecule has 1 aromatic rings. The third-order valence-electron chi connectivity index (χ3n) is 3.13. The molecule has 1 heterocycles. The van der Waals surface area contributed by atoms with Gasteiger partial charge >= 0.3 is 6.09 Å². The van der Waals surface area contributed by atoms with Crippen molar-refractivity contribution in [3.8, 4) is 5.75 Å². The van der Waals surface area contributed by atoms with Gasteiger partial charge in [-0.15, -0.1) is 0 Å². The number of carbonyl (C=O) groups is 1. The van der Waals surface area contributed by atoms with Crippen molar-refractivity contribution in [3.63, 3.8) is 0 Å². The Morgan fingerprint density at radius 1 is 1.50 bits per heavy atom. The van der Waals surface area contributed by atoms with Gasteiger partial charge in [0.05, 0.1) is 13.2 Å². The van der Waals surface area contributed by atoms with Crippen LogP contribution in [0, 0.1) is 11.2 Å². The minimum atomic E-state index is -0.495. The lowest BCUT2D eigenvalue weighted by molar-refractivity contribution is 0.0379. The maximum Gasteiger partial charge on any atom is 0.407 e. The fraction of sp³-hybridized carbons (Fsp3) is 0.462. The van der Waals surface area contributed by atoms with Crippen LogP contribution >= 0.6 is 0 Å². The zero-order chi connectivity index (χ0) is 13.3. The van der Waals surface area contributed by atoms with Gasteiger partial charge < -0.3 is 14.8 Å². The average Bonchev–Trinajstić information content (AvgIpc) is 2.32. The van der Waals surface area contributed by atoms with Gasteiger partial charge in [-0.2, -0.15) is 0 Å². The van der Waals surface area contributed by atoms with Crippen LogP contribution in [0.1, 0.15) is 25.5 Å². The predicted molar refractivity (Wildman–Crippen MR) is 64.0 cm³/mol. The summed E-state index contributed by atoms with van der Waals surface area (Å²) in [6.07, 6.45) is -0.495. The molecule has 0 aliphatic carbocycles. The van der Waals surface area contributed by atoms with Crippen LogP contribution in [-0.2, 0) is 4.74 Å². The first-order valence-corrected chi connectivity index (χ1v) is 5.71. The molecule has 1 aliphatic rings. The van der Waals surface area contributed by atoms with E-state index >= 15 is 0 Å². The molecule has 1 aliphatic heterocycles. The summed E-state index contributed by atoms with van der Waals surface area (Å²) in [4.78, 5) is 11.4. The van der Waals surface area contributed by atoms with Crippen LogP contribution in [0.3, 0.4) is 0 Å². The summed E-state index contributed by atoms with van der Waals surface area (Å²) in [6.45, 7) is 4.17. The van der Waals surface area contributed by atoms with Gasteiger partial charge in [0.15, 0.2) is 11.6 Å². The number of halogens is 1. The maximum absolute atomic E-state index is 13.7. The van der Waals surface area contributed by atoms with E-state index in [4.69, 9.17) is 9.47 Å². The quantitative estimate of drug-likeness (QED) is 0.881. The minimum absolute atomic E-state index is 0.165. The first-order chi connectivity index (χ1) is 8.45. The monoisotopic (exact) mass is 253 g/mol. The Labute approximate surface area is 105 Å². The molecular weight excluding hydrogens is 237 g/mol. The third kappa shape index (κ3) is 2.12. The van der Waals surface area contributed by atoms with Gasteiger partial charge in [-0.1, -0.05) is 26.0 Å². The zero-order valence-corrected chi connectivity index (χ0v) is 10.6. The summed E-state index contributed by atoms with van der Waals surface area (Å²) >= 11 is 0. The molecule has 0 aromatic heterocycles. The number of methoxy groups -OCH3 is 1. The molecule has 0 spiro atoms. The summed E-state index contributed by atoms with van der Waals surface area (Å²) in [7, 11) is 1.41. The number of rotatable bonds is 2. The number of para-hydroxylation sites is 1. The average molecular weight is 253 g/mol. The van der Waals surface area contributed by atoms with Crippen molar-refractivity contribution >= 4 is 6.09 Å². The van der Waals surface area contributed by atoms with E-state index in [1.807, 2.05) is 13.8 Å². The maximum atomic E-state index is 13.7. The van der Waals surface area contributed by atoms with E-state index in [-0.39, 0.29) is 23.8 Å². The molecule has 2 rings (SSSR count). The number of benzene rings is 1. The number of hydrogen-bond acceptors (Lipinski definition) is 3. The highest BCUT2D eigenvalue weighted by Crippen LogP contribution is 2.40. The summed E-state index contributed by atoms with van der Waals surface area (Å²) in [5.41, 5.74) is 0.286. The molecule has 0 saturated carbocycles. The van der Waals surface area contributed by atoms with Crippen LogP contribution in [0.5, 0.6) is 5.75 Å². The molecule has 0 bridgehead atoms. The molecule has 0 radical (unpaired) electrons. The molecule has 5 heteroatoms. The molecule has 1 amide bonds. The molecule has 1 N–H and O–H groups in total. The SMILES string of the molecule is COc1c(F)cccc1[C@@H]1NC(=O)OCC1(C)C. The molecule has 0 unspecified atom stereocenters. The van der Waals surface area contributed by atoms with Crippen LogP contribution in [0.2, 0.25) is 0 Å². The van der Waals surface area contributed by atoms with E-state index in [0.29, 0.717) is 5.56 Å². The van der Waals surface area contributed by atoms with Crippen LogP contribution in [0.15, 0.2) is 18.2 Å². The predicted octanol–water partition coefficient (Wildman–Crippen LogP) is 2.64. The highest BCUT2D eigenvalue weighted by molar-refractivity contribution is 5.69. The molecule has 1 saturated heterocycles.